The Morgan fingerprint density at radius 2 is 1.97 bits per heavy atom. The van der Waals surface area contributed by atoms with Gasteiger partial charge in [0.2, 0.25) is 0 Å². The molecule has 0 bridgehead atoms. The molecule has 0 amide bonds. The van der Waals surface area contributed by atoms with E-state index >= 15 is 0 Å². The van der Waals surface area contributed by atoms with Crippen LogP contribution in [0.5, 0.6) is 5.75 Å². The molecule has 3 nitrogen and oxygen atoms in total. The zero-order valence-electron chi connectivity index (χ0n) is 16.7. The van der Waals surface area contributed by atoms with E-state index < -0.39 is 0 Å². The predicted molar refractivity (Wildman–Crippen MR) is 116 cm³/mol. The van der Waals surface area contributed by atoms with E-state index in [0.717, 1.165) is 36.5 Å². The second-order valence-electron chi connectivity index (χ2n) is 7.77. The van der Waals surface area contributed by atoms with Gasteiger partial charge in [-0.3, -0.25) is 0 Å². The number of rotatable bonds is 5. The van der Waals surface area contributed by atoms with E-state index in [4.69, 9.17) is 14.5 Å². The number of allylic oxidation sites excluding steroid dienone is 4. The molecule has 2 aliphatic carbocycles. The summed E-state index contributed by atoms with van der Waals surface area (Å²) in [7, 11) is 1.73. The largest absolute Gasteiger partial charge is 0.497 e. The van der Waals surface area contributed by atoms with Gasteiger partial charge in [0.25, 0.3) is 0 Å². The van der Waals surface area contributed by atoms with Crippen molar-refractivity contribution in [2.45, 2.75) is 38.2 Å². The van der Waals surface area contributed by atoms with Crippen molar-refractivity contribution in [1.82, 2.24) is 0 Å². The second kappa shape index (κ2) is 7.75. The fourth-order valence-corrected chi connectivity index (χ4v) is 4.60. The van der Waals surface area contributed by atoms with Gasteiger partial charge in [-0.25, -0.2) is 4.99 Å². The highest BCUT2D eigenvalue weighted by molar-refractivity contribution is 6.07. The first-order valence-electron chi connectivity index (χ1n) is 10.4. The van der Waals surface area contributed by atoms with Gasteiger partial charge in [-0.15, -0.1) is 0 Å². The number of hydrogen-bond donors (Lipinski definition) is 0. The van der Waals surface area contributed by atoms with Crippen molar-refractivity contribution in [1.29, 1.82) is 0 Å². The molecule has 1 atom stereocenters. The summed E-state index contributed by atoms with van der Waals surface area (Å²) < 4.78 is 11.7. The summed E-state index contributed by atoms with van der Waals surface area (Å²) in [5.41, 5.74) is 7.55. The Bertz CT molecular complexity index is 1040. The second-order valence-corrected chi connectivity index (χ2v) is 7.77. The van der Waals surface area contributed by atoms with Gasteiger partial charge in [-0.1, -0.05) is 48.5 Å². The van der Waals surface area contributed by atoms with Crippen LogP contribution in [0.1, 0.15) is 42.7 Å². The van der Waals surface area contributed by atoms with Crippen LogP contribution in [0.25, 0.3) is 0 Å². The predicted octanol–water partition coefficient (Wildman–Crippen LogP) is 6.10. The minimum absolute atomic E-state index is 0.381. The number of aliphatic imine (C=N–C) groups is 1. The lowest BCUT2D eigenvalue weighted by atomic mass is 9.76. The normalized spacial score (nSPS) is 20.3. The molecule has 29 heavy (non-hydrogen) atoms. The summed E-state index contributed by atoms with van der Waals surface area (Å²) in [6.07, 6.45) is 8.60. The molecule has 0 radical (unpaired) electrons. The van der Waals surface area contributed by atoms with E-state index in [9.17, 15) is 0 Å². The minimum Gasteiger partial charge on any atom is -0.497 e. The van der Waals surface area contributed by atoms with E-state index in [1.165, 1.54) is 34.4 Å². The zero-order valence-corrected chi connectivity index (χ0v) is 16.7. The quantitative estimate of drug-likeness (QED) is 0.624. The van der Waals surface area contributed by atoms with Crippen molar-refractivity contribution in [2.24, 2.45) is 4.99 Å². The van der Waals surface area contributed by atoms with Gasteiger partial charge in [-0.2, -0.15) is 0 Å². The lowest BCUT2D eigenvalue weighted by Gasteiger charge is -2.27. The summed E-state index contributed by atoms with van der Waals surface area (Å²) in [5, 5.41) is 0. The zero-order chi connectivity index (χ0) is 19.6. The van der Waals surface area contributed by atoms with Crippen LogP contribution in [0.4, 0.5) is 0 Å². The topological polar surface area (TPSA) is 30.8 Å². The molecule has 146 valence electrons. The average Bonchev–Trinajstić information content (AvgIpc) is 3.18. The maximum atomic E-state index is 6.20. The van der Waals surface area contributed by atoms with Crippen LogP contribution < -0.4 is 4.74 Å². The molecule has 1 heterocycles. The van der Waals surface area contributed by atoms with Crippen molar-refractivity contribution in [2.75, 3.05) is 7.11 Å². The molecule has 1 saturated carbocycles. The van der Waals surface area contributed by atoms with Gasteiger partial charge in [0.05, 0.1) is 7.11 Å². The molecule has 2 aromatic carbocycles. The first-order valence-corrected chi connectivity index (χ1v) is 10.4. The van der Waals surface area contributed by atoms with Gasteiger partial charge in [-0.05, 0) is 66.2 Å². The molecule has 1 aliphatic heterocycles. The number of ether oxygens (including phenoxy) is 2. The Morgan fingerprint density at radius 1 is 1.07 bits per heavy atom. The van der Waals surface area contributed by atoms with Crippen molar-refractivity contribution in [3.05, 3.63) is 100 Å². The van der Waals surface area contributed by atoms with Gasteiger partial charge >= 0.3 is 0 Å². The maximum absolute atomic E-state index is 6.20. The number of nitrogens with zero attached hydrogens (tertiary/aromatic N) is 1. The van der Waals surface area contributed by atoms with E-state index in [-0.39, 0.29) is 0 Å². The molecular weight excluding hydrogens is 358 g/mol. The summed E-state index contributed by atoms with van der Waals surface area (Å²) >= 11 is 0. The Morgan fingerprint density at radius 3 is 2.83 bits per heavy atom. The lowest BCUT2D eigenvalue weighted by Crippen LogP contribution is -2.17. The van der Waals surface area contributed by atoms with Crippen molar-refractivity contribution in [3.8, 4) is 5.75 Å². The molecule has 3 aliphatic rings. The summed E-state index contributed by atoms with van der Waals surface area (Å²) in [5.74, 6) is 2.20. The van der Waals surface area contributed by atoms with Crippen LogP contribution >= 0.6 is 0 Å². The van der Waals surface area contributed by atoms with Gasteiger partial charge < -0.3 is 9.47 Å². The first-order chi connectivity index (χ1) is 14.3. The van der Waals surface area contributed by atoms with E-state index in [1.54, 1.807) is 7.11 Å². The molecular formula is C26H25NO2. The van der Waals surface area contributed by atoms with Crippen LogP contribution in [0.15, 0.2) is 94.3 Å². The number of methoxy groups -OCH3 is 1. The van der Waals surface area contributed by atoms with Crippen molar-refractivity contribution < 1.29 is 9.47 Å². The Balaban J connectivity index is 1.49. The highest BCUT2D eigenvalue weighted by Gasteiger charge is 2.35. The maximum Gasteiger partial charge on any atom is 0.145 e. The molecule has 0 aromatic heterocycles. The SMILES string of the molecule is COc1cccc(C2CCCC3=NC4=C(OCc5ccccc5)C=CCC4=C32)c1. The number of hydrogen-bond acceptors (Lipinski definition) is 3. The van der Waals surface area contributed by atoms with Crippen LogP contribution in [0, 0.1) is 0 Å². The van der Waals surface area contributed by atoms with Crippen molar-refractivity contribution in [3.63, 3.8) is 0 Å². The van der Waals surface area contributed by atoms with E-state index in [0.29, 0.717) is 12.5 Å². The number of fused-ring (bicyclic) bond motifs is 2. The third kappa shape index (κ3) is 3.42. The van der Waals surface area contributed by atoms with Gasteiger partial charge in [0, 0.05) is 11.6 Å². The third-order valence-corrected chi connectivity index (χ3v) is 5.98. The Labute approximate surface area is 172 Å². The highest BCUT2D eigenvalue weighted by atomic mass is 16.5. The molecule has 5 rings (SSSR count). The van der Waals surface area contributed by atoms with Crippen LogP contribution in [-0.2, 0) is 11.3 Å². The third-order valence-electron chi connectivity index (χ3n) is 5.98. The molecule has 1 fully saturated rings. The Hall–Kier alpha value is -3.07. The summed E-state index contributed by atoms with van der Waals surface area (Å²) in [6, 6.07) is 18.8. The molecule has 1 unspecified atom stereocenters. The van der Waals surface area contributed by atoms with Crippen LogP contribution in [-0.4, -0.2) is 12.8 Å². The highest BCUT2D eigenvalue weighted by Crippen LogP contribution is 2.46. The molecule has 0 saturated heterocycles. The first kappa shape index (κ1) is 18.0. The monoisotopic (exact) mass is 383 g/mol. The van der Waals surface area contributed by atoms with Gasteiger partial charge in [0.15, 0.2) is 0 Å². The summed E-state index contributed by atoms with van der Waals surface area (Å²) in [6.45, 7) is 0.566. The molecule has 2 aromatic rings. The van der Waals surface area contributed by atoms with E-state index in [1.807, 2.05) is 24.3 Å². The fraction of sp³-hybridized carbons (Fsp3) is 0.269. The molecule has 0 N–H and O–H groups in total. The lowest BCUT2D eigenvalue weighted by molar-refractivity contribution is 0.207. The van der Waals surface area contributed by atoms with Crippen LogP contribution in [0.2, 0.25) is 0 Å². The van der Waals surface area contributed by atoms with Crippen molar-refractivity contribution >= 4 is 5.71 Å². The summed E-state index contributed by atoms with van der Waals surface area (Å²) in [4.78, 5) is 5.06. The fourth-order valence-electron chi connectivity index (χ4n) is 4.60. The molecule has 0 spiro atoms. The average molecular weight is 383 g/mol. The van der Waals surface area contributed by atoms with Crippen LogP contribution in [0.3, 0.4) is 0 Å². The Kier molecular flexibility index (Phi) is 4.81. The van der Waals surface area contributed by atoms with Gasteiger partial charge in [0.1, 0.15) is 23.8 Å². The minimum atomic E-state index is 0.381. The molecule has 3 heteroatoms. The number of benzene rings is 2. The van der Waals surface area contributed by atoms with E-state index in [2.05, 4.69) is 42.5 Å². The standard InChI is InChI=1S/C26H25NO2/c1-28-20-11-5-10-19(16-20)21-12-6-14-23-25(21)22-13-7-15-24(26(22)27-23)29-17-18-8-3-2-4-9-18/h2-5,7-11,15-16,21H,6,12-14,17H2,1H3. The smallest absolute Gasteiger partial charge is 0.145 e.